The highest BCUT2D eigenvalue weighted by Crippen LogP contribution is 2.13. The van der Waals surface area contributed by atoms with Crippen LogP contribution in [0.4, 0.5) is 0 Å². The van der Waals surface area contributed by atoms with Gasteiger partial charge in [-0.05, 0) is 31.2 Å². The number of rotatable bonds is 3. The van der Waals surface area contributed by atoms with Crippen LogP contribution in [-0.4, -0.2) is 25.5 Å². The highest BCUT2D eigenvalue weighted by molar-refractivity contribution is 6.29. The summed E-state index contributed by atoms with van der Waals surface area (Å²) >= 11 is 5.70. The maximum atomic E-state index is 12.1. The first-order valence-electron chi connectivity index (χ1n) is 6.37. The fourth-order valence-corrected chi connectivity index (χ4v) is 2.12. The molecule has 106 valence electrons. The predicted molar refractivity (Wildman–Crippen MR) is 78.1 cm³/mol. The van der Waals surface area contributed by atoms with Crippen LogP contribution in [0, 0.1) is 0 Å². The number of fused-ring (bicyclic) bond motifs is 1. The third-order valence-electron chi connectivity index (χ3n) is 3.06. The molecule has 3 aromatic heterocycles. The third-order valence-corrected chi connectivity index (χ3v) is 3.29. The number of nitrogens with zero attached hydrogens (tertiary/aromatic N) is 4. The minimum Gasteiger partial charge on any atom is -0.342 e. The fraction of sp³-hybridized carbons (Fsp3) is 0.143. The molecule has 0 aliphatic carbocycles. The number of pyridine rings is 2. The Bertz CT molecular complexity index is 783. The van der Waals surface area contributed by atoms with Gasteiger partial charge in [-0.2, -0.15) is 0 Å². The van der Waals surface area contributed by atoms with Crippen LogP contribution < -0.4 is 5.32 Å². The lowest BCUT2D eigenvalue weighted by atomic mass is 10.2. The third kappa shape index (κ3) is 2.71. The zero-order valence-electron chi connectivity index (χ0n) is 11.2. The molecule has 0 saturated heterocycles. The summed E-state index contributed by atoms with van der Waals surface area (Å²) in [5.74, 6) is 0.431. The summed E-state index contributed by atoms with van der Waals surface area (Å²) in [5, 5.41) is 11.4. The van der Waals surface area contributed by atoms with E-state index in [9.17, 15) is 4.79 Å². The summed E-state index contributed by atoms with van der Waals surface area (Å²) in [6.45, 7) is 1.85. The number of hydrogen-bond donors (Lipinski definition) is 1. The Morgan fingerprint density at radius 3 is 2.90 bits per heavy atom. The highest BCUT2D eigenvalue weighted by atomic mass is 35.5. The summed E-state index contributed by atoms with van der Waals surface area (Å²) in [4.78, 5) is 16.0. The lowest BCUT2D eigenvalue weighted by Gasteiger charge is -2.12. The van der Waals surface area contributed by atoms with Crippen molar-refractivity contribution in [1.82, 2.24) is 24.9 Å². The maximum Gasteiger partial charge on any atom is 0.253 e. The van der Waals surface area contributed by atoms with Gasteiger partial charge in [-0.15, -0.1) is 10.2 Å². The normalized spacial score (nSPS) is 12.3. The van der Waals surface area contributed by atoms with Crippen molar-refractivity contribution in [3.05, 3.63) is 59.3 Å². The van der Waals surface area contributed by atoms with E-state index in [4.69, 9.17) is 11.6 Å². The van der Waals surface area contributed by atoms with E-state index in [2.05, 4.69) is 20.5 Å². The summed E-state index contributed by atoms with van der Waals surface area (Å²) in [6, 6.07) is 8.54. The fourth-order valence-electron chi connectivity index (χ4n) is 2.01. The maximum absolute atomic E-state index is 12.1. The van der Waals surface area contributed by atoms with Crippen molar-refractivity contribution in [3.8, 4) is 0 Å². The molecule has 0 saturated carbocycles. The molecule has 6 nitrogen and oxygen atoms in total. The lowest BCUT2D eigenvalue weighted by Crippen LogP contribution is -2.28. The second-order valence-electron chi connectivity index (χ2n) is 4.55. The molecule has 7 heteroatoms. The van der Waals surface area contributed by atoms with Crippen LogP contribution in [0.5, 0.6) is 0 Å². The largest absolute Gasteiger partial charge is 0.342 e. The van der Waals surface area contributed by atoms with Crippen LogP contribution in [-0.2, 0) is 0 Å². The quantitative estimate of drug-likeness (QED) is 0.753. The minimum absolute atomic E-state index is 0.237. The first-order valence-corrected chi connectivity index (χ1v) is 6.75. The van der Waals surface area contributed by atoms with Crippen LogP contribution in [0.2, 0.25) is 5.15 Å². The average Bonchev–Trinajstić information content (AvgIpc) is 2.92. The Morgan fingerprint density at radius 1 is 1.29 bits per heavy atom. The standard InChI is InChI=1S/C14H12ClN5O/c1-9(13-19-18-12-4-2-3-7-20(12)13)17-14(21)10-5-6-11(15)16-8-10/h2-9H,1H3,(H,17,21)/t9-/m0/s1. The monoisotopic (exact) mass is 301 g/mol. The lowest BCUT2D eigenvalue weighted by molar-refractivity contribution is 0.0938. The molecule has 1 N–H and O–H groups in total. The van der Waals surface area contributed by atoms with E-state index in [1.807, 2.05) is 35.7 Å². The predicted octanol–water partition coefficient (Wildman–Crippen LogP) is 2.27. The Hall–Kier alpha value is -2.47. The van der Waals surface area contributed by atoms with Gasteiger partial charge in [-0.3, -0.25) is 9.20 Å². The zero-order chi connectivity index (χ0) is 14.8. The number of aromatic nitrogens is 4. The molecule has 0 aliphatic rings. The van der Waals surface area contributed by atoms with Gasteiger partial charge in [0.05, 0.1) is 11.6 Å². The molecule has 21 heavy (non-hydrogen) atoms. The van der Waals surface area contributed by atoms with Crippen LogP contribution in [0.1, 0.15) is 29.1 Å². The topological polar surface area (TPSA) is 72.2 Å². The summed E-state index contributed by atoms with van der Waals surface area (Å²) in [5.41, 5.74) is 1.18. The molecule has 3 rings (SSSR count). The van der Waals surface area contributed by atoms with Crippen molar-refractivity contribution in [2.75, 3.05) is 0 Å². The van der Waals surface area contributed by atoms with Gasteiger partial charge in [0.1, 0.15) is 5.15 Å². The van der Waals surface area contributed by atoms with Crippen LogP contribution in [0.15, 0.2) is 42.7 Å². The van der Waals surface area contributed by atoms with Gasteiger partial charge in [0.25, 0.3) is 5.91 Å². The first kappa shape index (κ1) is 13.5. The zero-order valence-corrected chi connectivity index (χ0v) is 11.9. The van der Waals surface area contributed by atoms with Gasteiger partial charge in [0, 0.05) is 12.4 Å². The molecule has 1 amide bonds. The molecule has 0 fully saturated rings. The van der Waals surface area contributed by atoms with Crippen LogP contribution in [0.3, 0.4) is 0 Å². The summed E-state index contributed by atoms with van der Waals surface area (Å²) in [7, 11) is 0. The van der Waals surface area contributed by atoms with E-state index in [-0.39, 0.29) is 11.9 Å². The number of carbonyl (C=O) groups excluding carboxylic acids is 1. The number of carbonyl (C=O) groups is 1. The van der Waals surface area contributed by atoms with Gasteiger partial charge in [-0.25, -0.2) is 4.98 Å². The van der Waals surface area contributed by atoms with E-state index in [0.29, 0.717) is 16.5 Å². The number of halogens is 1. The molecular weight excluding hydrogens is 290 g/mol. The van der Waals surface area contributed by atoms with E-state index in [1.54, 1.807) is 12.1 Å². The van der Waals surface area contributed by atoms with E-state index in [0.717, 1.165) is 5.65 Å². The average molecular weight is 302 g/mol. The SMILES string of the molecule is C[C@H](NC(=O)c1ccc(Cl)nc1)c1nnc2ccccn12. The molecule has 0 bridgehead atoms. The minimum atomic E-state index is -0.287. The second kappa shape index (κ2) is 5.49. The van der Waals surface area contributed by atoms with Gasteiger partial charge in [0.2, 0.25) is 0 Å². The van der Waals surface area contributed by atoms with Gasteiger partial charge >= 0.3 is 0 Å². The molecule has 0 aromatic carbocycles. The molecular formula is C14H12ClN5O. The molecule has 3 heterocycles. The van der Waals surface area contributed by atoms with Crippen molar-refractivity contribution in [1.29, 1.82) is 0 Å². The molecule has 0 spiro atoms. The second-order valence-corrected chi connectivity index (χ2v) is 4.94. The van der Waals surface area contributed by atoms with Gasteiger partial charge in [0.15, 0.2) is 11.5 Å². The highest BCUT2D eigenvalue weighted by Gasteiger charge is 2.16. The van der Waals surface area contributed by atoms with E-state index < -0.39 is 0 Å². The Balaban J connectivity index is 1.81. The summed E-state index contributed by atoms with van der Waals surface area (Å²) < 4.78 is 1.84. The van der Waals surface area contributed by atoms with Crippen LogP contribution in [0.25, 0.3) is 5.65 Å². The number of hydrogen-bond acceptors (Lipinski definition) is 4. The first-order chi connectivity index (χ1) is 10.1. The number of nitrogens with one attached hydrogen (secondary N) is 1. The van der Waals surface area contributed by atoms with Crippen molar-refractivity contribution < 1.29 is 4.79 Å². The van der Waals surface area contributed by atoms with Crippen molar-refractivity contribution in [2.45, 2.75) is 13.0 Å². The Morgan fingerprint density at radius 2 is 2.14 bits per heavy atom. The van der Waals surface area contributed by atoms with Gasteiger partial charge < -0.3 is 5.32 Å². The van der Waals surface area contributed by atoms with E-state index in [1.165, 1.54) is 6.20 Å². The Kier molecular flexibility index (Phi) is 3.53. The molecule has 0 aliphatic heterocycles. The molecule has 1 atom stereocenters. The Labute approximate surface area is 125 Å². The smallest absolute Gasteiger partial charge is 0.253 e. The van der Waals surface area contributed by atoms with Crippen molar-refractivity contribution in [3.63, 3.8) is 0 Å². The molecule has 0 unspecified atom stereocenters. The van der Waals surface area contributed by atoms with Crippen LogP contribution >= 0.6 is 11.6 Å². The molecule has 0 radical (unpaired) electrons. The van der Waals surface area contributed by atoms with Gasteiger partial charge in [-0.1, -0.05) is 17.7 Å². The van der Waals surface area contributed by atoms with Crippen molar-refractivity contribution >= 4 is 23.2 Å². The number of amides is 1. The van der Waals surface area contributed by atoms with Crippen molar-refractivity contribution in [2.24, 2.45) is 0 Å². The molecule has 3 aromatic rings. The van der Waals surface area contributed by atoms with E-state index >= 15 is 0 Å². The summed E-state index contributed by atoms with van der Waals surface area (Å²) in [6.07, 6.45) is 3.30.